The Kier molecular flexibility index (Phi) is 12.4. The molecule has 170 valence electrons. The fourth-order valence-electron chi connectivity index (χ4n) is 4.29. The molecule has 0 radical (unpaired) electrons. The third-order valence-electron chi connectivity index (χ3n) is 4.56. The molecule has 28 heavy (non-hydrogen) atoms. The molecule has 0 saturated heterocycles. The molecular weight excluding hydrogens is 367 g/mol. The van der Waals surface area contributed by atoms with E-state index < -0.39 is 8.60 Å². The van der Waals surface area contributed by atoms with Crippen molar-refractivity contribution in [3.63, 3.8) is 0 Å². The monoisotopic (exact) mass is 418 g/mol. The maximum Gasteiger partial charge on any atom is 0.332 e. The number of rotatable bonds is 15. The Labute approximate surface area is 178 Å². The van der Waals surface area contributed by atoms with Crippen LogP contribution in [0.2, 0.25) is 0 Å². The lowest BCUT2D eigenvalue weighted by Gasteiger charge is -2.32. The van der Waals surface area contributed by atoms with E-state index in [2.05, 4.69) is 83.1 Å². The van der Waals surface area contributed by atoms with Crippen molar-refractivity contribution in [3.8, 4) is 0 Å². The predicted octanol–water partition coefficient (Wildman–Crippen LogP) is 8.48. The molecular formula is C24H51O3P. The minimum Gasteiger partial charge on any atom is -0.312 e. The molecule has 0 heterocycles. The van der Waals surface area contributed by atoms with Crippen molar-refractivity contribution < 1.29 is 13.6 Å². The van der Waals surface area contributed by atoms with Crippen LogP contribution in [-0.2, 0) is 13.6 Å². The third-order valence-corrected chi connectivity index (χ3v) is 5.58. The average molecular weight is 419 g/mol. The molecule has 4 heteroatoms. The Morgan fingerprint density at radius 3 is 0.893 bits per heavy atom. The molecule has 3 nitrogen and oxygen atoms in total. The normalized spacial score (nSPS) is 14.1. The van der Waals surface area contributed by atoms with Gasteiger partial charge in [0.05, 0.1) is 19.8 Å². The largest absolute Gasteiger partial charge is 0.332 e. The smallest absolute Gasteiger partial charge is 0.312 e. The summed E-state index contributed by atoms with van der Waals surface area (Å²) in [6, 6.07) is 0. The van der Waals surface area contributed by atoms with Gasteiger partial charge in [0.1, 0.15) is 0 Å². The Balaban J connectivity index is 4.91. The van der Waals surface area contributed by atoms with Crippen LogP contribution in [0.1, 0.15) is 102 Å². The third kappa shape index (κ3) is 15.2. The average Bonchev–Trinajstić information content (AvgIpc) is 2.41. The first-order valence-corrected chi connectivity index (χ1v) is 12.3. The topological polar surface area (TPSA) is 27.7 Å². The molecule has 0 fully saturated rings. The van der Waals surface area contributed by atoms with Crippen LogP contribution >= 0.6 is 8.60 Å². The van der Waals surface area contributed by atoms with E-state index >= 15 is 0 Å². The van der Waals surface area contributed by atoms with Crippen molar-refractivity contribution in [2.24, 2.45) is 34.0 Å². The van der Waals surface area contributed by atoms with Gasteiger partial charge in [0, 0.05) is 0 Å². The van der Waals surface area contributed by atoms with Crippen molar-refractivity contribution in [3.05, 3.63) is 0 Å². The zero-order chi connectivity index (χ0) is 22.2. The molecule has 0 atom stereocenters. The van der Waals surface area contributed by atoms with Crippen molar-refractivity contribution in [1.82, 2.24) is 0 Å². The zero-order valence-electron chi connectivity index (χ0n) is 21.1. The van der Waals surface area contributed by atoms with E-state index in [-0.39, 0.29) is 16.2 Å². The van der Waals surface area contributed by atoms with Gasteiger partial charge in [0.2, 0.25) is 0 Å². The molecule has 0 rings (SSSR count). The molecule has 0 aromatic carbocycles. The summed E-state index contributed by atoms with van der Waals surface area (Å²) in [7, 11) is -1.33. The predicted molar refractivity (Wildman–Crippen MR) is 124 cm³/mol. The molecule has 0 aliphatic rings. The Morgan fingerprint density at radius 1 is 0.500 bits per heavy atom. The van der Waals surface area contributed by atoms with E-state index in [4.69, 9.17) is 13.6 Å². The molecule has 0 aliphatic heterocycles. The molecule has 0 aliphatic carbocycles. The first-order valence-electron chi connectivity index (χ1n) is 11.2. The molecule has 0 aromatic rings. The summed E-state index contributed by atoms with van der Waals surface area (Å²) in [6.45, 7) is 29.2. The van der Waals surface area contributed by atoms with Gasteiger partial charge in [-0.05, 0) is 53.3 Å². The lowest BCUT2D eigenvalue weighted by atomic mass is 9.85. The van der Waals surface area contributed by atoms with Crippen molar-refractivity contribution in [2.45, 2.75) is 102 Å². The van der Waals surface area contributed by atoms with Crippen LogP contribution in [0.25, 0.3) is 0 Å². The van der Waals surface area contributed by atoms with Crippen molar-refractivity contribution in [1.29, 1.82) is 0 Å². The van der Waals surface area contributed by atoms with E-state index in [1.165, 1.54) is 0 Å². The zero-order valence-corrected chi connectivity index (χ0v) is 22.0. The lowest BCUT2D eigenvalue weighted by molar-refractivity contribution is 0.0592. The molecule has 0 N–H and O–H groups in total. The first kappa shape index (κ1) is 28.3. The molecule has 0 saturated carbocycles. The summed E-state index contributed by atoms with van der Waals surface area (Å²) >= 11 is 0. The van der Waals surface area contributed by atoms with E-state index in [0.29, 0.717) is 37.6 Å². The van der Waals surface area contributed by atoms with Crippen LogP contribution < -0.4 is 0 Å². The molecule has 0 spiro atoms. The molecule has 0 unspecified atom stereocenters. The van der Waals surface area contributed by atoms with Gasteiger partial charge in [-0.15, -0.1) is 0 Å². The summed E-state index contributed by atoms with van der Waals surface area (Å²) < 4.78 is 18.7. The van der Waals surface area contributed by atoms with Crippen molar-refractivity contribution >= 4 is 8.60 Å². The summed E-state index contributed by atoms with van der Waals surface area (Å²) in [5.74, 6) is 1.96. The van der Waals surface area contributed by atoms with Crippen LogP contribution in [0.5, 0.6) is 0 Å². The molecule has 0 bridgehead atoms. The van der Waals surface area contributed by atoms with Gasteiger partial charge in [-0.25, -0.2) is 0 Å². The summed E-state index contributed by atoms with van der Waals surface area (Å²) in [4.78, 5) is 0. The number of hydrogen-bond donors (Lipinski definition) is 0. The Hall–Kier alpha value is 0.310. The van der Waals surface area contributed by atoms with Crippen LogP contribution in [-0.4, -0.2) is 19.8 Å². The second-order valence-corrected chi connectivity index (χ2v) is 13.6. The fourth-order valence-corrected chi connectivity index (χ4v) is 5.87. The highest BCUT2D eigenvalue weighted by atomic mass is 31.2. The maximum absolute atomic E-state index is 6.23. The van der Waals surface area contributed by atoms with Crippen LogP contribution in [0.4, 0.5) is 0 Å². The van der Waals surface area contributed by atoms with E-state index in [9.17, 15) is 0 Å². The van der Waals surface area contributed by atoms with E-state index in [1.54, 1.807) is 0 Å². The second-order valence-electron chi connectivity index (χ2n) is 12.3. The maximum atomic E-state index is 6.23. The summed E-state index contributed by atoms with van der Waals surface area (Å²) in [5.41, 5.74) is 0.382. The number of hydrogen-bond acceptors (Lipinski definition) is 3. The molecule has 0 aromatic heterocycles. The van der Waals surface area contributed by atoms with E-state index in [0.717, 1.165) is 19.3 Å². The SMILES string of the molecule is CC(C)CC(C)(C)COP(OCC(C)(C)CC(C)C)OCC(C)(C)CC(C)C. The van der Waals surface area contributed by atoms with Gasteiger partial charge in [-0.1, -0.05) is 83.1 Å². The van der Waals surface area contributed by atoms with Crippen LogP contribution in [0.15, 0.2) is 0 Å². The lowest BCUT2D eigenvalue weighted by Crippen LogP contribution is -2.25. The molecule has 0 amide bonds. The van der Waals surface area contributed by atoms with Gasteiger partial charge >= 0.3 is 8.60 Å². The van der Waals surface area contributed by atoms with Crippen LogP contribution in [0.3, 0.4) is 0 Å². The van der Waals surface area contributed by atoms with Gasteiger partial charge in [-0.3, -0.25) is 0 Å². The Morgan fingerprint density at radius 2 is 0.714 bits per heavy atom. The standard InChI is InChI=1S/C24H51O3P/c1-19(2)13-22(7,8)16-25-28(26-17-23(9,10)14-20(3)4)27-18-24(11,12)15-21(5)6/h19-21H,13-18H2,1-12H3. The second kappa shape index (κ2) is 12.2. The Bertz CT molecular complexity index is 352. The van der Waals surface area contributed by atoms with Gasteiger partial charge in [-0.2, -0.15) is 0 Å². The first-order chi connectivity index (χ1) is 12.5. The summed E-state index contributed by atoms with van der Waals surface area (Å²) in [6.07, 6.45) is 3.40. The van der Waals surface area contributed by atoms with Gasteiger partial charge < -0.3 is 13.6 Å². The fraction of sp³-hybridized carbons (Fsp3) is 1.00. The van der Waals surface area contributed by atoms with Crippen molar-refractivity contribution in [2.75, 3.05) is 19.8 Å². The highest BCUT2D eigenvalue weighted by Gasteiger charge is 2.29. The minimum atomic E-state index is -1.33. The van der Waals surface area contributed by atoms with Gasteiger partial charge in [0.15, 0.2) is 0 Å². The van der Waals surface area contributed by atoms with Crippen LogP contribution in [0, 0.1) is 34.0 Å². The minimum absolute atomic E-state index is 0.127. The quantitative estimate of drug-likeness (QED) is 0.250. The highest BCUT2D eigenvalue weighted by Crippen LogP contribution is 2.46. The van der Waals surface area contributed by atoms with E-state index in [1.807, 2.05) is 0 Å². The highest BCUT2D eigenvalue weighted by molar-refractivity contribution is 7.41. The van der Waals surface area contributed by atoms with Gasteiger partial charge in [0.25, 0.3) is 0 Å². The summed E-state index contributed by atoms with van der Waals surface area (Å²) in [5, 5.41) is 0.